The van der Waals surface area contributed by atoms with Crippen LogP contribution >= 0.6 is 15.9 Å². The van der Waals surface area contributed by atoms with Gasteiger partial charge in [0, 0.05) is 10.9 Å². The standard InChI is InChI=1S/C28H43BrO2/c1-4-7-12-15-24(5-2)31-25-17-18-27-23(22-25)16-19-28(26(27)6-3)30-21-14-11-9-8-10-13-20-29/h16-19,22,24H,4-15,20-21H2,1-3H3. The summed E-state index contributed by atoms with van der Waals surface area (Å²) in [6.07, 6.45) is 15.0. The fourth-order valence-corrected chi connectivity index (χ4v) is 4.57. The largest absolute Gasteiger partial charge is 0.493 e. The van der Waals surface area contributed by atoms with E-state index in [-0.39, 0.29) is 0 Å². The summed E-state index contributed by atoms with van der Waals surface area (Å²) in [5.41, 5.74) is 1.32. The summed E-state index contributed by atoms with van der Waals surface area (Å²) in [7, 11) is 0. The Labute approximate surface area is 199 Å². The average molecular weight is 492 g/mol. The number of hydrogen-bond donors (Lipinski definition) is 0. The van der Waals surface area contributed by atoms with Gasteiger partial charge in [-0.2, -0.15) is 0 Å². The predicted molar refractivity (Wildman–Crippen MR) is 139 cm³/mol. The van der Waals surface area contributed by atoms with Crippen LogP contribution < -0.4 is 9.47 Å². The Morgan fingerprint density at radius 3 is 2.32 bits per heavy atom. The van der Waals surface area contributed by atoms with Gasteiger partial charge in [0.15, 0.2) is 0 Å². The lowest BCUT2D eigenvalue weighted by Gasteiger charge is -2.19. The number of unbranched alkanes of at least 4 members (excludes halogenated alkanes) is 7. The van der Waals surface area contributed by atoms with Crippen molar-refractivity contribution in [3.63, 3.8) is 0 Å². The van der Waals surface area contributed by atoms with Gasteiger partial charge in [-0.3, -0.25) is 0 Å². The molecule has 0 spiro atoms. The highest BCUT2D eigenvalue weighted by Gasteiger charge is 2.11. The minimum Gasteiger partial charge on any atom is -0.493 e. The molecule has 1 unspecified atom stereocenters. The van der Waals surface area contributed by atoms with Crippen LogP contribution in [0.2, 0.25) is 0 Å². The minimum atomic E-state index is 0.316. The first kappa shape index (κ1) is 26.0. The van der Waals surface area contributed by atoms with Crippen molar-refractivity contribution in [2.45, 2.75) is 104 Å². The molecule has 0 saturated heterocycles. The van der Waals surface area contributed by atoms with Crippen LogP contribution in [0.3, 0.4) is 0 Å². The molecule has 0 saturated carbocycles. The lowest BCUT2D eigenvalue weighted by atomic mass is 10.0. The third-order valence-electron chi connectivity index (χ3n) is 6.09. The lowest BCUT2D eigenvalue weighted by Crippen LogP contribution is -2.15. The highest BCUT2D eigenvalue weighted by atomic mass is 79.9. The normalized spacial score (nSPS) is 12.3. The van der Waals surface area contributed by atoms with E-state index in [0.717, 1.165) is 49.1 Å². The van der Waals surface area contributed by atoms with Crippen LogP contribution in [0.1, 0.15) is 97.0 Å². The van der Waals surface area contributed by atoms with E-state index >= 15 is 0 Å². The average Bonchev–Trinajstić information content (AvgIpc) is 2.79. The van der Waals surface area contributed by atoms with Crippen molar-refractivity contribution in [2.75, 3.05) is 11.9 Å². The third kappa shape index (κ3) is 9.04. The molecule has 2 aromatic carbocycles. The predicted octanol–water partition coefficient (Wildman–Crippen LogP) is 9.25. The molecular weight excluding hydrogens is 448 g/mol. The van der Waals surface area contributed by atoms with Gasteiger partial charge in [-0.05, 0) is 67.5 Å². The number of ether oxygens (including phenoxy) is 2. The molecule has 0 aliphatic carbocycles. The van der Waals surface area contributed by atoms with Gasteiger partial charge in [0.1, 0.15) is 11.5 Å². The SMILES string of the molecule is CCCCCC(CC)Oc1ccc2c(CC)c(OCCCCCCCCBr)ccc2c1. The number of halogens is 1. The molecule has 0 aliphatic heterocycles. The monoisotopic (exact) mass is 490 g/mol. The van der Waals surface area contributed by atoms with Gasteiger partial charge in [0.25, 0.3) is 0 Å². The van der Waals surface area contributed by atoms with Crippen LogP contribution in [0.5, 0.6) is 11.5 Å². The number of aryl methyl sites for hydroxylation is 1. The van der Waals surface area contributed by atoms with E-state index in [1.165, 1.54) is 67.7 Å². The van der Waals surface area contributed by atoms with Crippen molar-refractivity contribution < 1.29 is 9.47 Å². The molecule has 0 bridgehead atoms. The van der Waals surface area contributed by atoms with E-state index in [0.29, 0.717) is 6.10 Å². The molecule has 0 fully saturated rings. The van der Waals surface area contributed by atoms with Crippen LogP contribution in [0.4, 0.5) is 0 Å². The molecule has 3 heteroatoms. The summed E-state index contributed by atoms with van der Waals surface area (Å²) < 4.78 is 12.5. The van der Waals surface area contributed by atoms with Crippen LogP contribution in [0, 0.1) is 0 Å². The summed E-state index contributed by atoms with van der Waals surface area (Å²) in [5, 5.41) is 3.67. The molecule has 31 heavy (non-hydrogen) atoms. The Morgan fingerprint density at radius 2 is 1.61 bits per heavy atom. The first-order valence-electron chi connectivity index (χ1n) is 12.6. The van der Waals surface area contributed by atoms with Crippen molar-refractivity contribution in [1.82, 2.24) is 0 Å². The van der Waals surface area contributed by atoms with Gasteiger partial charge in [0.2, 0.25) is 0 Å². The van der Waals surface area contributed by atoms with E-state index in [9.17, 15) is 0 Å². The first-order chi connectivity index (χ1) is 15.2. The van der Waals surface area contributed by atoms with Crippen molar-refractivity contribution in [3.05, 3.63) is 35.9 Å². The zero-order valence-corrected chi connectivity index (χ0v) is 21.6. The van der Waals surface area contributed by atoms with Crippen molar-refractivity contribution >= 4 is 26.7 Å². The number of fused-ring (bicyclic) bond motifs is 1. The Kier molecular flexibility index (Phi) is 13.1. The highest BCUT2D eigenvalue weighted by molar-refractivity contribution is 9.09. The zero-order valence-electron chi connectivity index (χ0n) is 20.1. The lowest BCUT2D eigenvalue weighted by molar-refractivity contribution is 0.183. The Balaban J connectivity index is 1.94. The smallest absolute Gasteiger partial charge is 0.123 e. The van der Waals surface area contributed by atoms with Crippen LogP contribution in [0.15, 0.2) is 30.3 Å². The van der Waals surface area contributed by atoms with E-state index in [4.69, 9.17) is 9.47 Å². The molecule has 0 heterocycles. The summed E-state index contributed by atoms with van der Waals surface area (Å²) in [6, 6.07) is 10.9. The molecule has 0 radical (unpaired) electrons. The van der Waals surface area contributed by atoms with E-state index in [1.54, 1.807) is 0 Å². The fraction of sp³-hybridized carbons (Fsp3) is 0.643. The summed E-state index contributed by atoms with van der Waals surface area (Å²) in [5.74, 6) is 2.04. The van der Waals surface area contributed by atoms with Gasteiger partial charge in [0.05, 0.1) is 12.7 Å². The Bertz CT molecular complexity index is 743. The molecule has 1 atom stereocenters. The molecule has 174 valence electrons. The summed E-state index contributed by atoms with van der Waals surface area (Å²) in [6.45, 7) is 7.51. The van der Waals surface area contributed by atoms with E-state index < -0.39 is 0 Å². The van der Waals surface area contributed by atoms with E-state index in [2.05, 4.69) is 67.0 Å². The molecule has 2 rings (SSSR count). The zero-order chi connectivity index (χ0) is 22.3. The molecule has 0 aliphatic rings. The van der Waals surface area contributed by atoms with Crippen molar-refractivity contribution in [2.24, 2.45) is 0 Å². The number of alkyl halides is 1. The minimum absolute atomic E-state index is 0.316. The molecular formula is C28H43BrO2. The Hall–Kier alpha value is -1.22. The number of benzene rings is 2. The molecule has 0 amide bonds. The fourth-order valence-electron chi connectivity index (χ4n) is 4.17. The maximum Gasteiger partial charge on any atom is 0.123 e. The van der Waals surface area contributed by atoms with Crippen molar-refractivity contribution in [1.29, 1.82) is 0 Å². The van der Waals surface area contributed by atoms with E-state index in [1.807, 2.05) is 0 Å². The second-order valence-electron chi connectivity index (χ2n) is 8.58. The van der Waals surface area contributed by atoms with Crippen LogP contribution in [-0.4, -0.2) is 18.0 Å². The summed E-state index contributed by atoms with van der Waals surface area (Å²) >= 11 is 3.50. The van der Waals surface area contributed by atoms with Crippen LogP contribution in [0.25, 0.3) is 10.8 Å². The molecule has 0 N–H and O–H groups in total. The summed E-state index contributed by atoms with van der Waals surface area (Å²) in [4.78, 5) is 0. The van der Waals surface area contributed by atoms with Crippen molar-refractivity contribution in [3.8, 4) is 11.5 Å². The molecule has 2 aromatic rings. The highest BCUT2D eigenvalue weighted by Crippen LogP contribution is 2.32. The Morgan fingerprint density at radius 1 is 0.839 bits per heavy atom. The molecule has 2 nitrogen and oxygen atoms in total. The quantitative estimate of drug-likeness (QED) is 0.162. The van der Waals surface area contributed by atoms with Crippen LogP contribution in [-0.2, 0) is 6.42 Å². The maximum atomic E-state index is 6.32. The van der Waals surface area contributed by atoms with Gasteiger partial charge in [-0.15, -0.1) is 0 Å². The van der Waals surface area contributed by atoms with Gasteiger partial charge >= 0.3 is 0 Å². The second kappa shape index (κ2) is 15.6. The van der Waals surface area contributed by atoms with Gasteiger partial charge in [-0.1, -0.05) is 87.4 Å². The number of hydrogen-bond acceptors (Lipinski definition) is 2. The molecule has 0 aromatic heterocycles. The maximum absolute atomic E-state index is 6.32. The van der Waals surface area contributed by atoms with Gasteiger partial charge < -0.3 is 9.47 Å². The first-order valence-corrected chi connectivity index (χ1v) is 13.8. The second-order valence-corrected chi connectivity index (χ2v) is 9.37. The number of rotatable bonds is 17. The topological polar surface area (TPSA) is 18.5 Å². The van der Waals surface area contributed by atoms with Gasteiger partial charge in [-0.25, -0.2) is 0 Å². The third-order valence-corrected chi connectivity index (χ3v) is 6.65.